The van der Waals surface area contributed by atoms with Gasteiger partial charge in [0.25, 0.3) is 0 Å². The molecule has 0 unspecified atom stereocenters. The highest BCUT2D eigenvalue weighted by Gasteiger charge is 2.12. The number of aryl methyl sites for hydroxylation is 1. The highest BCUT2D eigenvalue weighted by molar-refractivity contribution is 5.86. The highest BCUT2D eigenvalue weighted by atomic mass is 16.4. The Bertz CT molecular complexity index is 601. The van der Waals surface area contributed by atoms with E-state index in [1.54, 1.807) is 24.0 Å². The van der Waals surface area contributed by atoms with Gasteiger partial charge in [-0.15, -0.1) is 0 Å². The first-order chi connectivity index (χ1) is 9.06. The zero-order chi connectivity index (χ0) is 13.8. The van der Waals surface area contributed by atoms with E-state index in [1.165, 1.54) is 12.3 Å². The number of hydrogen-bond acceptors (Lipinski definition) is 4. The molecule has 0 atom stereocenters. The van der Waals surface area contributed by atoms with Crippen molar-refractivity contribution in [2.75, 3.05) is 0 Å². The minimum absolute atomic E-state index is 0.0204. The number of carbonyl (C=O) groups excluding carboxylic acids is 1. The monoisotopic (exact) mass is 263 g/mol. The van der Waals surface area contributed by atoms with Crippen LogP contribution < -0.4 is 5.32 Å². The molecule has 0 saturated carbocycles. The molecule has 0 aromatic carbocycles. The minimum atomic E-state index is -1.12. The number of carbonyl (C=O) groups is 2. The predicted molar refractivity (Wildman–Crippen MR) is 64.2 cm³/mol. The number of nitrogens with one attached hydrogen (secondary N) is 1. The third kappa shape index (κ3) is 3.18. The van der Waals surface area contributed by atoms with E-state index < -0.39 is 5.97 Å². The van der Waals surface area contributed by atoms with Crippen LogP contribution in [0.4, 0.5) is 0 Å². The van der Waals surface area contributed by atoms with Gasteiger partial charge in [-0.1, -0.05) is 0 Å². The lowest BCUT2D eigenvalue weighted by atomic mass is 10.4. The van der Waals surface area contributed by atoms with E-state index in [9.17, 15) is 9.59 Å². The molecule has 0 aliphatic carbocycles. The van der Waals surface area contributed by atoms with Crippen molar-refractivity contribution in [1.82, 2.24) is 24.9 Å². The topological polar surface area (TPSA) is 102 Å². The second kappa shape index (κ2) is 5.34. The molecule has 0 aliphatic heterocycles. The molecular weight excluding hydrogens is 250 g/mol. The Morgan fingerprint density at radius 3 is 2.84 bits per heavy atom. The summed E-state index contributed by atoms with van der Waals surface area (Å²) in [6, 6.07) is 3.13. The van der Waals surface area contributed by atoms with Crippen LogP contribution in [-0.2, 0) is 24.9 Å². The first-order valence-electron chi connectivity index (χ1n) is 5.56. The van der Waals surface area contributed by atoms with E-state index >= 15 is 0 Å². The van der Waals surface area contributed by atoms with E-state index in [-0.39, 0.29) is 18.1 Å². The molecule has 2 aromatic heterocycles. The molecule has 1 amide bonds. The fraction of sp³-hybridized carbons (Fsp3) is 0.273. The number of aromatic carboxylic acids is 1. The summed E-state index contributed by atoms with van der Waals surface area (Å²) in [4.78, 5) is 22.5. The van der Waals surface area contributed by atoms with Crippen LogP contribution in [0.5, 0.6) is 0 Å². The van der Waals surface area contributed by atoms with E-state index in [0.717, 1.165) is 10.4 Å². The van der Waals surface area contributed by atoms with Gasteiger partial charge < -0.3 is 10.4 Å². The molecule has 0 fully saturated rings. The summed E-state index contributed by atoms with van der Waals surface area (Å²) in [6.07, 6.45) is 3.12. The lowest BCUT2D eigenvalue weighted by molar-refractivity contribution is -0.122. The smallest absolute Gasteiger partial charge is 0.354 e. The summed E-state index contributed by atoms with van der Waals surface area (Å²) in [6.45, 7) is 0.158. The van der Waals surface area contributed by atoms with Gasteiger partial charge in [0, 0.05) is 19.4 Å². The van der Waals surface area contributed by atoms with E-state index in [0.29, 0.717) is 6.54 Å². The Morgan fingerprint density at radius 2 is 2.21 bits per heavy atom. The maximum absolute atomic E-state index is 11.7. The maximum atomic E-state index is 11.7. The van der Waals surface area contributed by atoms with Gasteiger partial charge in [-0.3, -0.25) is 9.48 Å². The molecule has 8 nitrogen and oxygen atoms in total. The molecule has 2 rings (SSSR count). The summed E-state index contributed by atoms with van der Waals surface area (Å²) in [5.74, 6) is -1.44. The summed E-state index contributed by atoms with van der Waals surface area (Å²) in [5, 5.41) is 19.4. The van der Waals surface area contributed by atoms with Crippen molar-refractivity contribution >= 4 is 11.9 Å². The Balaban J connectivity index is 1.90. The molecular formula is C11H13N5O3. The number of aromatic nitrogens is 4. The van der Waals surface area contributed by atoms with E-state index in [2.05, 4.69) is 15.5 Å². The molecule has 0 saturated heterocycles. The molecule has 2 N–H and O–H groups in total. The van der Waals surface area contributed by atoms with E-state index in [4.69, 9.17) is 5.11 Å². The minimum Gasteiger partial charge on any atom is -0.477 e. The Kier molecular flexibility index (Phi) is 3.60. The van der Waals surface area contributed by atoms with Crippen molar-refractivity contribution in [1.29, 1.82) is 0 Å². The molecule has 8 heteroatoms. The van der Waals surface area contributed by atoms with Gasteiger partial charge in [-0.2, -0.15) is 10.2 Å². The van der Waals surface area contributed by atoms with Crippen molar-refractivity contribution < 1.29 is 14.7 Å². The van der Waals surface area contributed by atoms with Gasteiger partial charge in [0.05, 0.1) is 12.2 Å². The van der Waals surface area contributed by atoms with Crippen LogP contribution in [0.15, 0.2) is 24.5 Å². The van der Waals surface area contributed by atoms with Crippen LogP contribution in [0, 0.1) is 0 Å². The molecule has 100 valence electrons. The lowest BCUT2D eigenvalue weighted by Gasteiger charge is -2.05. The SMILES string of the molecule is Cn1ccc(CNC(=O)Cn2nccc2C(=O)O)n1. The molecule has 19 heavy (non-hydrogen) atoms. The number of carboxylic acids is 1. The molecule has 0 bridgehead atoms. The van der Waals surface area contributed by atoms with Gasteiger partial charge >= 0.3 is 5.97 Å². The average Bonchev–Trinajstić information content (AvgIpc) is 2.95. The van der Waals surface area contributed by atoms with Gasteiger partial charge in [0.2, 0.25) is 5.91 Å². The second-order valence-corrected chi connectivity index (χ2v) is 3.94. The quantitative estimate of drug-likeness (QED) is 0.766. The molecule has 0 aliphatic rings. The Morgan fingerprint density at radius 1 is 1.42 bits per heavy atom. The van der Waals surface area contributed by atoms with Crippen molar-refractivity contribution in [3.05, 3.63) is 35.9 Å². The van der Waals surface area contributed by atoms with Gasteiger partial charge in [-0.05, 0) is 12.1 Å². The first-order valence-corrected chi connectivity index (χ1v) is 5.56. The molecule has 0 radical (unpaired) electrons. The number of amides is 1. The fourth-order valence-electron chi connectivity index (χ4n) is 1.58. The summed E-state index contributed by atoms with van der Waals surface area (Å²) in [5.41, 5.74) is 0.711. The van der Waals surface area contributed by atoms with Crippen molar-refractivity contribution in [2.24, 2.45) is 7.05 Å². The van der Waals surface area contributed by atoms with Gasteiger partial charge in [0.1, 0.15) is 12.2 Å². The number of nitrogens with zero attached hydrogens (tertiary/aromatic N) is 4. The third-order valence-electron chi connectivity index (χ3n) is 2.46. The number of carboxylic acid groups (broad SMARTS) is 1. The van der Waals surface area contributed by atoms with Crippen LogP contribution in [0.3, 0.4) is 0 Å². The fourth-order valence-corrected chi connectivity index (χ4v) is 1.58. The van der Waals surface area contributed by atoms with Crippen LogP contribution in [0.25, 0.3) is 0 Å². The van der Waals surface area contributed by atoms with Crippen LogP contribution in [0.2, 0.25) is 0 Å². The van der Waals surface area contributed by atoms with Gasteiger partial charge in [-0.25, -0.2) is 9.48 Å². The summed E-state index contributed by atoms with van der Waals surface area (Å²) < 4.78 is 2.77. The van der Waals surface area contributed by atoms with Crippen molar-refractivity contribution in [2.45, 2.75) is 13.1 Å². The van der Waals surface area contributed by atoms with Crippen LogP contribution >= 0.6 is 0 Å². The Labute approximate surface area is 108 Å². The predicted octanol–water partition coefficient (Wildman–Crippen LogP) is -0.369. The molecule has 0 spiro atoms. The zero-order valence-corrected chi connectivity index (χ0v) is 10.3. The second-order valence-electron chi connectivity index (χ2n) is 3.94. The molecule has 2 aromatic rings. The maximum Gasteiger partial charge on any atom is 0.354 e. The van der Waals surface area contributed by atoms with Gasteiger partial charge in [0.15, 0.2) is 0 Å². The number of rotatable bonds is 5. The average molecular weight is 263 g/mol. The summed E-state index contributed by atoms with van der Waals surface area (Å²) >= 11 is 0. The standard InChI is InChI=1S/C11H13N5O3/c1-15-5-3-8(14-15)6-12-10(17)7-16-9(11(18)19)2-4-13-16/h2-5H,6-7H2,1H3,(H,12,17)(H,18,19). The molecule has 2 heterocycles. The largest absolute Gasteiger partial charge is 0.477 e. The highest BCUT2D eigenvalue weighted by Crippen LogP contribution is 1.99. The van der Waals surface area contributed by atoms with Crippen molar-refractivity contribution in [3.63, 3.8) is 0 Å². The van der Waals surface area contributed by atoms with E-state index in [1.807, 2.05) is 0 Å². The van der Waals surface area contributed by atoms with Crippen molar-refractivity contribution in [3.8, 4) is 0 Å². The third-order valence-corrected chi connectivity index (χ3v) is 2.46. The first kappa shape index (κ1) is 12.8. The Hall–Kier alpha value is -2.64. The zero-order valence-electron chi connectivity index (χ0n) is 10.3. The van der Waals surface area contributed by atoms with Crippen LogP contribution in [-0.4, -0.2) is 36.5 Å². The normalized spacial score (nSPS) is 10.4. The van der Waals surface area contributed by atoms with Crippen LogP contribution in [0.1, 0.15) is 16.2 Å². The summed E-state index contributed by atoms with van der Waals surface area (Å²) in [7, 11) is 1.79. The lowest BCUT2D eigenvalue weighted by Crippen LogP contribution is -2.29. The number of hydrogen-bond donors (Lipinski definition) is 2.